The van der Waals surface area contributed by atoms with E-state index in [4.69, 9.17) is 0 Å². The summed E-state index contributed by atoms with van der Waals surface area (Å²) < 4.78 is 25.6. The Labute approximate surface area is 85.5 Å². The van der Waals surface area contributed by atoms with Crippen LogP contribution in [0.3, 0.4) is 0 Å². The average Bonchev–Trinajstić information content (AvgIpc) is 2.17. The van der Waals surface area contributed by atoms with Crippen LogP contribution in [0.1, 0.15) is 33.6 Å². The zero-order chi connectivity index (χ0) is 10.8. The summed E-state index contributed by atoms with van der Waals surface area (Å²) in [4.78, 5) is 2.28. The van der Waals surface area contributed by atoms with Gasteiger partial charge in [-0.15, -0.1) is 0 Å². The third-order valence-corrected chi connectivity index (χ3v) is 3.80. The van der Waals surface area contributed by atoms with E-state index >= 15 is 0 Å². The molecule has 1 rings (SSSR count). The molecule has 0 unspecified atom stereocenters. The van der Waals surface area contributed by atoms with E-state index in [0.29, 0.717) is 6.42 Å². The SMILES string of the molecule is CCN1CC[C@H](C(F)F)[C@](C)(CC)C1. The second kappa shape index (κ2) is 4.56. The van der Waals surface area contributed by atoms with E-state index in [0.717, 1.165) is 26.1 Å². The van der Waals surface area contributed by atoms with Crippen molar-refractivity contribution >= 4 is 0 Å². The smallest absolute Gasteiger partial charge is 0.242 e. The van der Waals surface area contributed by atoms with E-state index in [1.54, 1.807) is 0 Å². The normalized spacial score (nSPS) is 35.1. The Balaban J connectivity index is 2.71. The molecule has 0 aliphatic carbocycles. The highest BCUT2D eigenvalue weighted by molar-refractivity contribution is 4.90. The first kappa shape index (κ1) is 11.9. The van der Waals surface area contributed by atoms with E-state index in [2.05, 4.69) is 11.8 Å². The molecule has 1 nitrogen and oxygen atoms in total. The monoisotopic (exact) mass is 205 g/mol. The lowest BCUT2D eigenvalue weighted by Gasteiger charge is -2.45. The molecule has 0 radical (unpaired) electrons. The van der Waals surface area contributed by atoms with Gasteiger partial charge in [0, 0.05) is 12.5 Å². The van der Waals surface area contributed by atoms with Crippen molar-refractivity contribution in [2.75, 3.05) is 19.6 Å². The van der Waals surface area contributed by atoms with Crippen molar-refractivity contribution in [1.82, 2.24) is 4.90 Å². The van der Waals surface area contributed by atoms with Crippen LogP contribution in [0.2, 0.25) is 0 Å². The Bertz CT molecular complexity index is 184. The molecule has 0 bridgehead atoms. The van der Waals surface area contributed by atoms with Gasteiger partial charge in [0.05, 0.1) is 0 Å². The third-order valence-electron chi connectivity index (χ3n) is 3.80. The van der Waals surface area contributed by atoms with E-state index in [1.165, 1.54) is 0 Å². The molecule has 3 heteroatoms. The lowest BCUT2D eigenvalue weighted by molar-refractivity contribution is -0.0539. The molecule has 0 N–H and O–H groups in total. The van der Waals surface area contributed by atoms with Crippen LogP contribution in [0, 0.1) is 11.3 Å². The van der Waals surface area contributed by atoms with Crippen molar-refractivity contribution in [3.8, 4) is 0 Å². The number of likely N-dealkylation sites (tertiary alicyclic amines) is 1. The van der Waals surface area contributed by atoms with Crippen LogP contribution in [0.15, 0.2) is 0 Å². The summed E-state index contributed by atoms with van der Waals surface area (Å²) in [5, 5.41) is 0. The molecule has 1 aliphatic rings. The van der Waals surface area contributed by atoms with E-state index < -0.39 is 12.3 Å². The molecule has 0 saturated carbocycles. The van der Waals surface area contributed by atoms with Gasteiger partial charge < -0.3 is 4.90 Å². The fourth-order valence-electron chi connectivity index (χ4n) is 2.45. The van der Waals surface area contributed by atoms with Crippen LogP contribution in [0.25, 0.3) is 0 Å². The Morgan fingerprint density at radius 1 is 1.43 bits per heavy atom. The quantitative estimate of drug-likeness (QED) is 0.684. The molecule has 1 fully saturated rings. The van der Waals surface area contributed by atoms with Gasteiger partial charge in [0.2, 0.25) is 6.43 Å². The summed E-state index contributed by atoms with van der Waals surface area (Å²) in [6.07, 6.45) is -0.659. The van der Waals surface area contributed by atoms with Gasteiger partial charge in [0.1, 0.15) is 0 Å². The largest absolute Gasteiger partial charge is 0.303 e. The molecule has 84 valence electrons. The van der Waals surface area contributed by atoms with Crippen LogP contribution < -0.4 is 0 Å². The van der Waals surface area contributed by atoms with Crippen molar-refractivity contribution in [1.29, 1.82) is 0 Å². The molecule has 14 heavy (non-hydrogen) atoms. The molecule has 0 amide bonds. The lowest BCUT2D eigenvalue weighted by Crippen LogP contribution is -2.49. The highest BCUT2D eigenvalue weighted by Crippen LogP contribution is 2.41. The maximum absolute atomic E-state index is 12.8. The molecule has 0 aromatic heterocycles. The fraction of sp³-hybridized carbons (Fsp3) is 1.00. The summed E-state index contributed by atoms with van der Waals surface area (Å²) >= 11 is 0. The number of hydrogen-bond acceptors (Lipinski definition) is 1. The van der Waals surface area contributed by atoms with Crippen LogP contribution in [-0.2, 0) is 0 Å². The lowest BCUT2D eigenvalue weighted by atomic mass is 9.70. The molecule has 0 spiro atoms. The van der Waals surface area contributed by atoms with Gasteiger partial charge in [0.15, 0.2) is 0 Å². The predicted molar refractivity (Wildman–Crippen MR) is 54.6 cm³/mol. The zero-order valence-electron chi connectivity index (χ0n) is 9.39. The second-order valence-corrected chi connectivity index (χ2v) is 4.61. The van der Waals surface area contributed by atoms with E-state index in [1.807, 2.05) is 13.8 Å². The fourth-order valence-corrected chi connectivity index (χ4v) is 2.45. The summed E-state index contributed by atoms with van der Waals surface area (Å²) in [6.45, 7) is 8.76. The Hall–Kier alpha value is -0.180. The van der Waals surface area contributed by atoms with Gasteiger partial charge in [0.25, 0.3) is 0 Å². The van der Waals surface area contributed by atoms with Crippen LogP contribution in [0.5, 0.6) is 0 Å². The highest BCUT2D eigenvalue weighted by atomic mass is 19.3. The summed E-state index contributed by atoms with van der Waals surface area (Å²) in [5.74, 6) is -0.407. The molecule has 0 aromatic carbocycles. The summed E-state index contributed by atoms with van der Waals surface area (Å²) in [7, 11) is 0. The van der Waals surface area contributed by atoms with E-state index in [-0.39, 0.29) is 5.41 Å². The highest BCUT2D eigenvalue weighted by Gasteiger charge is 2.42. The number of rotatable bonds is 3. The predicted octanol–water partition coefficient (Wildman–Crippen LogP) is 3.01. The van der Waals surface area contributed by atoms with Gasteiger partial charge in [-0.2, -0.15) is 0 Å². The van der Waals surface area contributed by atoms with Crippen LogP contribution in [-0.4, -0.2) is 31.0 Å². The molecular weight excluding hydrogens is 184 g/mol. The van der Waals surface area contributed by atoms with Crippen molar-refractivity contribution in [2.45, 2.75) is 40.0 Å². The molecule has 1 saturated heterocycles. The Kier molecular flexibility index (Phi) is 3.87. The van der Waals surface area contributed by atoms with Gasteiger partial charge in [-0.05, 0) is 31.3 Å². The van der Waals surface area contributed by atoms with Gasteiger partial charge in [-0.25, -0.2) is 8.78 Å². The summed E-state index contributed by atoms with van der Waals surface area (Å²) in [6, 6.07) is 0. The summed E-state index contributed by atoms with van der Waals surface area (Å²) in [5.41, 5.74) is -0.192. The molecule has 1 aliphatic heterocycles. The van der Waals surface area contributed by atoms with Crippen LogP contribution >= 0.6 is 0 Å². The first-order valence-corrected chi connectivity index (χ1v) is 5.54. The molecular formula is C11H21F2N. The Morgan fingerprint density at radius 3 is 2.50 bits per heavy atom. The number of piperidine rings is 1. The topological polar surface area (TPSA) is 3.24 Å². The van der Waals surface area contributed by atoms with Crippen molar-refractivity contribution in [3.05, 3.63) is 0 Å². The number of nitrogens with zero attached hydrogens (tertiary/aromatic N) is 1. The molecule has 0 aromatic rings. The van der Waals surface area contributed by atoms with Crippen molar-refractivity contribution < 1.29 is 8.78 Å². The van der Waals surface area contributed by atoms with Gasteiger partial charge >= 0.3 is 0 Å². The minimum Gasteiger partial charge on any atom is -0.303 e. The maximum atomic E-state index is 12.8. The number of hydrogen-bond donors (Lipinski definition) is 0. The molecule has 1 heterocycles. The number of halogens is 2. The number of alkyl halides is 2. The van der Waals surface area contributed by atoms with Crippen molar-refractivity contribution in [2.24, 2.45) is 11.3 Å². The van der Waals surface area contributed by atoms with E-state index in [9.17, 15) is 8.78 Å². The first-order chi connectivity index (χ1) is 6.53. The maximum Gasteiger partial charge on any atom is 0.242 e. The van der Waals surface area contributed by atoms with Gasteiger partial charge in [-0.1, -0.05) is 20.8 Å². The first-order valence-electron chi connectivity index (χ1n) is 5.54. The third kappa shape index (κ3) is 2.25. The van der Waals surface area contributed by atoms with Gasteiger partial charge in [-0.3, -0.25) is 0 Å². The minimum absolute atomic E-state index is 0.192. The average molecular weight is 205 g/mol. The Morgan fingerprint density at radius 2 is 2.07 bits per heavy atom. The minimum atomic E-state index is -2.15. The second-order valence-electron chi connectivity index (χ2n) is 4.61. The van der Waals surface area contributed by atoms with Crippen LogP contribution in [0.4, 0.5) is 8.78 Å². The molecule has 2 atom stereocenters. The van der Waals surface area contributed by atoms with Crippen molar-refractivity contribution in [3.63, 3.8) is 0 Å². The standard InChI is InChI=1S/C11H21F2N/c1-4-11(3)8-14(5-2)7-6-9(11)10(12)13/h9-10H,4-8H2,1-3H3/t9-,11-/m1/s1. The zero-order valence-corrected chi connectivity index (χ0v) is 9.39.